The van der Waals surface area contributed by atoms with Crippen molar-refractivity contribution in [1.29, 1.82) is 0 Å². The number of carbonyl (C=O) groups is 1. The second-order valence-corrected chi connectivity index (χ2v) is 6.98. The van der Waals surface area contributed by atoms with Gasteiger partial charge in [-0.15, -0.1) is 0 Å². The van der Waals surface area contributed by atoms with E-state index in [4.69, 9.17) is 0 Å². The molecule has 4 nitrogen and oxygen atoms in total. The first-order chi connectivity index (χ1) is 12.0. The van der Waals surface area contributed by atoms with Crippen LogP contribution in [0.25, 0.3) is 0 Å². The van der Waals surface area contributed by atoms with Gasteiger partial charge in [-0.05, 0) is 77.3 Å². The van der Waals surface area contributed by atoms with Crippen LogP contribution in [0, 0.1) is 17.6 Å². The molecule has 0 radical (unpaired) electrons. The number of nitrogens with zero attached hydrogens (tertiary/aromatic N) is 1. The summed E-state index contributed by atoms with van der Waals surface area (Å²) in [5, 5.41) is 6.03. The third kappa shape index (κ3) is 6.36. The number of likely N-dealkylation sites (tertiary alicyclic amines) is 1. The highest BCUT2D eigenvalue weighted by molar-refractivity contribution is 5.78. The third-order valence-electron chi connectivity index (χ3n) is 4.86. The van der Waals surface area contributed by atoms with E-state index in [9.17, 15) is 13.6 Å². The largest absolute Gasteiger partial charge is 0.352 e. The normalized spacial score (nSPS) is 17.4. The highest BCUT2D eigenvalue weighted by Crippen LogP contribution is 2.19. The zero-order valence-corrected chi connectivity index (χ0v) is 15.2. The van der Waals surface area contributed by atoms with E-state index in [0.29, 0.717) is 6.54 Å². The molecule has 1 atom stereocenters. The van der Waals surface area contributed by atoms with E-state index < -0.39 is 11.6 Å². The first kappa shape index (κ1) is 19.8. The lowest BCUT2D eigenvalue weighted by Gasteiger charge is -2.31. The van der Waals surface area contributed by atoms with Gasteiger partial charge in [0.1, 0.15) is 11.6 Å². The van der Waals surface area contributed by atoms with Gasteiger partial charge in [0.2, 0.25) is 5.91 Å². The van der Waals surface area contributed by atoms with Crippen molar-refractivity contribution in [2.75, 3.05) is 33.2 Å². The molecule has 1 aliphatic rings. The molecular formula is C19H29F2N3O. The Bertz CT molecular complexity index is 539. The van der Waals surface area contributed by atoms with Gasteiger partial charge in [0.05, 0.1) is 6.54 Å². The third-order valence-corrected chi connectivity index (χ3v) is 4.86. The molecule has 1 saturated heterocycles. The monoisotopic (exact) mass is 353 g/mol. The zero-order valence-electron chi connectivity index (χ0n) is 15.2. The first-order valence-electron chi connectivity index (χ1n) is 9.08. The van der Waals surface area contributed by atoms with Gasteiger partial charge in [0.15, 0.2) is 0 Å². The van der Waals surface area contributed by atoms with Gasteiger partial charge in [-0.1, -0.05) is 6.07 Å². The molecule has 1 unspecified atom stereocenters. The van der Waals surface area contributed by atoms with Crippen molar-refractivity contribution in [1.82, 2.24) is 15.5 Å². The molecule has 1 aliphatic heterocycles. The van der Waals surface area contributed by atoms with Crippen LogP contribution in [0.4, 0.5) is 8.78 Å². The topological polar surface area (TPSA) is 44.4 Å². The molecule has 25 heavy (non-hydrogen) atoms. The van der Waals surface area contributed by atoms with Crippen LogP contribution in [0.3, 0.4) is 0 Å². The average Bonchev–Trinajstić information content (AvgIpc) is 2.57. The molecule has 0 bridgehead atoms. The van der Waals surface area contributed by atoms with Gasteiger partial charge in [-0.25, -0.2) is 8.78 Å². The molecular weight excluding hydrogens is 324 g/mol. The Balaban J connectivity index is 1.73. The number of amides is 1. The molecule has 0 aromatic heterocycles. The minimum absolute atomic E-state index is 0.0284. The number of halogens is 2. The number of rotatable bonds is 8. The van der Waals surface area contributed by atoms with E-state index in [1.165, 1.54) is 24.6 Å². The van der Waals surface area contributed by atoms with Crippen LogP contribution in [0.1, 0.15) is 31.7 Å². The molecule has 1 heterocycles. The fourth-order valence-corrected chi connectivity index (χ4v) is 3.39. The summed E-state index contributed by atoms with van der Waals surface area (Å²) in [7, 11) is 1.97. The van der Waals surface area contributed by atoms with Gasteiger partial charge < -0.3 is 10.6 Å². The van der Waals surface area contributed by atoms with Crippen molar-refractivity contribution < 1.29 is 13.6 Å². The maximum atomic E-state index is 13.7. The summed E-state index contributed by atoms with van der Waals surface area (Å²) < 4.78 is 27.4. The number of hydrogen-bond acceptors (Lipinski definition) is 3. The van der Waals surface area contributed by atoms with Crippen molar-refractivity contribution >= 4 is 5.91 Å². The van der Waals surface area contributed by atoms with E-state index in [0.717, 1.165) is 38.4 Å². The summed E-state index contributed by atoms with van der Waals surface area (Å²) in [4.78, 5) is 14.3. The molecule has 0 spiro atoms. The van der Waals surface area contributed by atoms with Crippen LogP contribution in [0.2, 0.25) is 0 Å². The van der Waals surface area contributed by atoms with Crippen molar-refractivity contribution in [2.45, 2.75) is 38.6 Å². The van der Waals surface area contributed by atoms with E-state index in [2.05, 4.69) is 15.5 Å². The quantitative estimate of drug-likeness (QED) is 0.754. The number of nitrogens with one attached hydrogen (secondary N) is 2. The maximum absolute atomic E-state index is 13.7. The van der Waals surface area contributed by atoms with Gasteiger partial charge in [-0.2, -0.15) is 0 Å². The molecule has 6 heteroatoms. The van der Waals surface area contributed by atoms with Crippen LogP contribution in [-0.4, -0.2) is 50.1 Å². The summed E-state index contributed by atoms with van der Waals surface area (Å²) >= 11 is 0. The molecule has 2 N–H and O–H groups in total. The first-order valence-corrected chi connectivity index (χ1v) is 9.08. The second kappa shape index (κ2) is 9.82. The van der Waals surface area contributed by atoms with Gasteiger partial charge in [0, 0.05) is 11.6 Å². The van der Waals surface area contributed by atoms with E-state index in [1.807, 2.05) is 7.05 Å². The van der Waals surface area contributed by atoms with Crippen LogP contribution in [0.15, 0.2) is 18.2 Å². The molecule has 0 saturated carbocycles. The van der Waals surface area contributed by atoms with Gasteiger partial charge in [-0.3, -0.25) is 9.69 Å². The molecule has 140 valence electrons. The molecule has 2 rings (SSSR count). The number of carbonyl (C=O) groups excluding carboxylic acids is 1. The fraction of sp³-hybridized carbons (Fsp3) is 0.632. The van der Waals surface area contributed by atoms with Crippen molar-refractivity contribution in [3.05, 3.63) is 35.4 Å². The Morgan fingerprint density at radius 3 is 2.52 bits per heavy atom. The smallest absolute Gasteiger partial charge is 0.234 e. The molecule has 0 aliphatic carbocycles. The van der Waals surface area contributed by atoms with E-state index in [1.54, 1.807) is 6.92 Å². The van der Waals surface area contributed by atoms with Crippen LogP contribution in [0.5, 0.6) is 0 Å². The summed E-state index contributed by atoms with van der Waals surface area (Å²) in [6.45, 7) is 5.02. The standard InChI is InChI=1S/C19H29F2N3O/c1-14(12-16-17(20)4-3-5-18(16)21)23-19(25)13-24-10-7-15(8-11-24)6-9-22-2/h3-5,14-15,22H,6-13H2,1-2H3,(H,23,25). The highest BCUT2D eigenvalue weighted by Gasteiger charge is 2.21. The Hall–Kier alpha value is -1.53. The molecule has 1 fully saturated rings. The number of benzene rings is 1. The lowest BCUT2D eigenvalue weighted by molar-refractivity contribution is -0.123. The molecule has 1 amide bonds. The number of hydrogen-bond donors (Lipinski definition) is 2. The Labute approximate surface area is 149 Å². The number of piperidine rings is 1. The van der Waals surface area contributed by atoms with Crippen LogP contribution < -0.4 is 10.6 Å². The summed E-state index contributed by atoms with van der Waals surface area (Å²) in [6, 6.07) is 3.51. The Morgan fingerprint density at radius 1 is 1.28 bits per heavy atom. The summed E-state index contributed by atoms with van der Waals surface area (Å²) in [5.41, 5.74) is 0.0284. The summed E-state index contributed by atoms with van der Waals surface area (Å²) in [6.07, 6.45) is 3.56. The SMILES string of the molecule is CNCCC1CCN(CC(=O)NC(C)Cc2c(F)cccc2F)CC1. The van der Waals surface area contributed by atoms with Crippen molar-refractivity contribution in [3.63, 3.8) is 0 Å². The van der Waals surface area contributed by atoms with Crippen LogP contribution in [-0.2, 0) is 11.2 Å². The highest BCUT2D eigenvalue weighted by atomic mass is 19.1. The molecule has 1 aromatic rings. The zero-order chi connectivity index (χ0) is 18.2. The minimum atomic E-state index is -0.565. The summed E-state index contributed by atoms with van der Waals surface area (Å²) in [5.74, 6) is -0.484. The molecule has 1 aromatic carbocycles. The van der Waals surface area contributed by atoms with Crippen molar-refractivity contribution in [3.8, 4) is 0 Å². The van der Waals surface area contributed by atoms with E-state index in [-0.39, 0.29) is 23.9 Å². The minimum Gasteiger partial charge on any atom is -0.352 e. The van der Waals surface area contributed by atoms with Crippen molar-refractivity contribution in [2.24, 2.45) is 5.92 Å². The predicted octanol–water partition coefficient (Wildman–Crippen LogP) is 2.33. The Kier molecular flexibility index (Phi) is 7.78. The predicted molar refractivity (Wildman–Crippen MR) is 95.4 cm³/mol. The Morgan fingerprint density at radius 2 is 1.92 bits per heavy atom. The lowest BCUT2D eigenvalue weighted by Crippen LogP contribution is -2.44. The van der Waals surface area contributed by atoms with Crippen LogP contribution >= 0.6 is 0 Å². The van der Waals surface area contributed by atoms with Gasteiger partial charge >= 0.3 is 0 Å². The average molecular weight is 353 g/mol. The van der Waals surface area contributed by atoms with Gasteiger partial charge in [0.25, 0.3) is 0 Å². The maximum Gasteiger partial charge on any atom is 0.234 e. The fourth-order valence-electron chi connectivity index (χ4n) is 3.39. The van der Waals surface area contributed by atoms with E-state index >= 15 is 0 Å². The lowest BCUT2D eigenvalue weighted by atomic mass is 9.93. The second-order valence-electron chi connectivity index (χ2n) is 6.98.